The van der Waals surface area contributed by atoms with Crippen LogP contribution in [0.4, 0.5) is 4.79 Å². The van der Waals surface area contributed by atoms with E-state index in [9.17, 15) is 9.59 Å². The number of esters is 1. The standard InChI is InChI=1S/C28H31NO5S/c1-6-32-27(31)34-25-17(2)29-21-15-33-26(30)24(21)23(25)20-9-7-8-10-22(20)35-16-18-11-13-19(14-12-18)28(3,4)5/h7-14,23,29H,6,15-16H2,1-5H3. The van der Waals surface area contributed by atoms with Gasteiger partial charge in [-0.1, -0.05) is 63.2 Å². The summed E-state index contributed by atoms with van der Waals surface area (Å²) in [6.07, 6.45) is -0.798. The molecule has 2 aromatic carbocycles. The predicted octanol–water partition coefficient (Wildman–Crippen LogP) is 6.18. The Morgan fingerprint density at radius 2 is 1.86 bits per heavy atom. The smallest absolute Gasteiger partial charge is 0.456 e. The summed E-state index contributed by atoms with van der Waals surface area (Å²) >= 11 is 1.69. The van der Waals surface area contributed by atoms with Gasteiger partial charge in [0.2, 0.25) is 0 Å². The Hall–Kier alpha value is -3.19. The highest BCUT2D eigenvalue weighted by Gasteiger charge is 2.41. The van der Waals surface area contributed by atoms with E-state index in [0.717, 1.165) is 16.2 Å². The molecule has 1 atom stereocenters. The normalized spacial score (nSPS) is 17.6. The van der Waals surface area contributed by atoms with Crippen molar-refractivity contribution in [2.75, 3.05) is 13.2 Å². The first-order chi connectivity index (χ1) is 16.7. The summed E-state index contributed by atoms with van der Waals surface area (Å²) in [6.45, 7) is 10.5. The van der Waals surface area contributed by atoms with Gasteiger partial charge in [-0.25, -0.2) is 9.59 Å². The topological polar surface area (TPSA) is 73.9 Å². The molecule has 2 aliphatic rings. The van der Waals surface area contributed by atoms with Crippen molar-refractivity contribution in [3.63, 3.8) is 0 Å². The van der Waals surface area contributed by atoms with Gasteiger partial charge in [0.05, 0.1) is 29.5 Å². The molecule has 7 heteroatoms. The van der Waals surface area contributed by atoms with E-state index in [4.69, 9.17) is 14.2 Å². The number of thioether (sulfide) groups is 1. The molecular formula is C28H31NO5S. The summed E-state index contributed by atoms with van der Waals surface area (Å²) in [5, 5.41) is 3.17. The molecule has 0 saturated heterocycles. The number of cyclic esters (lactones) is 1. The summed E-state index contributed by atoms with van der Waals surface area (Å²) in [7, 11) is 0. The molecule has 2 heterocycles. The Morgan fingerprint density at radius 3 is 2.54 bits per heavy atom. The third-order valence-corrected chi connectivity index (χ3v) is 7.21. The predicted molar refractivity (Wildman–Crippen MR) is 136 cm³/mol. The zero-order chi connectivity index (χ0) is 25.2. The van der Waals surface area contributed by atoms with Crippen molar-refractivity contribution in [3.8, 4) is 0 Å². The number of carbonyl (C=O) groups is 2. The number of allylic oxidation sites excluding steroid dienone is 2. The molecule has 1 unspecified atom stereocenters. The summed E-state index contributed by atoms with van der Waals surface area (Å²) in [4.78, 5) is 26.0. The first-order valence-electron chi connectivity index (χ1n) is 11.7. The van der Waals surface area contributed by atoms with Gasteiger partial charge in [0.25, 0.3) is 0 Å². The lowest BCUT2D eigenvalue weighted by atomic mass is 9.85. The van der Waals surface area contributed by atoms with Crippen molar-refractivity contribution in [2.24, 2.45) is 0 Å². The van der Waals surface area contributed by atoms with Crippen LogP contribution in [0.25, 0.3) is 0 Å². The summed E-state index contributed by atoms with van der Waals surface area (Å²) in [6, 6.07) is 16.6. The van der Waals surface area contributed by atoms with E-state index in [2.05, 4.69) is 50.4 Å². The highest BCUT2D eigenvalue weighted by molar-refractivity contribution is 7.98. The van der Waals surface area contributed by atoms with Crippen LogP contribution in [0.15, 0.2) is 76.2 Å². The maximum absolute atomic E-state index is 12.7. The third-order valence-electron chi connectivity index (χ3n) is 6.05. The van der Waals surface area contributed by atoms with Crippen LogP contribution in [0.5, 0.6) is 0 Å². The highest BCUT2D eigenvalue weighted by Crippen LogP contribution is 2.45. The van der Waals surface area contributed by atoms with Gasteiger partial charge in [0.1, 0.15) is 12.4 Å². The fourth-order valence-corrected chi connectivity index (χ4v) is 5.27. The monoisotopic (exact) mass is 493 g/mol. The SMILES string of the molecule is CCOC(=O)OC1=C(C)NC2=C(C(=O)OC2)C1c1ccccc1SCc1ccc(C(C)(C)C)cc1. The number of hydrogen-bond acceptors (Lipinski definition) is 7. The molecule has 4 rings (SSSR count). The Morgan fingerprint density at radius 1 is 1.14 bits per heavy atom. The van der Waals surface area contributed by atoms with Crippen LogP contribution in [0.2, 0.25) is 0 Å². The molecule has 0 radical (unpaired) electrons. The molecule has 0 bridgehead atoms. The number of nitrogens with one attached hydrogen (secondary N) is 1. The fourth-order valence-electron chi connectivity index (χ4n) is 4.23. The molecule has 1 N–H and O–H groups in total. The van der Waals surface area contributed by atoms with Gasteiger partial charge in [-0.05, 0) is 42.0 Å². The quantitative estimate of drug-likeness (QED) is 0.380. The maximum Gasteiger partial charge on any atom is 0.513 e. The lowest BCUT2D eigenvalue weighted by Crippen LogP contribution is -2.28. The van der Waals surface area contributed by atoms with E-state index in [-0.39, 0.29) is 18.6 Å². The third kappa shape index (κ3) is 5.40. The molecular weight excluding hydrogens is 462 g/mol. The van der Waals surface area contributed by atoms with Crippen LogP contribution in [0.3, 0.4) is 0 Å². The second-order valence-electron chi connectivity index (χ2n) is 9.57. The molecule has 0 aliphatic carbocycles. The van der Waals surface area contributed by atoms with E-state index in [1.165, 1.54) is 11.1 Å². The maximum atomic E-state index is 12.7. The first kappa shape index (κ1) is 24.9. The molecule has 0 amide bonds. The summed E-state index contributed by atoms with van der Waals surface area (Å²) < 4.78 is 16.0. The minimum Gasteiger partial charge on any atom is -0.456 e. The molecule has 2 aliphatic heterocycles. The zero-order valence-corrected chi connectivity index (χ0v) is 21.6. The van der Waals surface area contributed by atoms with Crippen molar-refractivity contribution >= 4 is 23.9 Å². The largest absolute Gasteiger partial charge is 0.513 e. The van der Waals surface area contributed by atoms with Crippen LogP contribution in [-0.2, 0) is 30.2 Å². The van der Waals surface area contributed by atoms with Crippen molar-refractivity contribution < 1.29 is 23.8 Å². The zero-order valence-electron chi connectivity index (χ0n) is 20.8. The lowest BCUT2D eigenvalue weighted by molar-refractivity contribution is -0.136. The number of carbonyl (C=O) groups excluding carboxylic acids is 2. The van der Waals surface area contributed by atoms with Gasteiger partial charge in [-0.3, -0.25) is 0 Å². The van der Waals surface area contributed by atoms with Crippen LogP contribution in [-0.4, -0.2) is 25.3 Å². The number of benzene rings is 2. The van der Waals surface area contributed by atoms with E-state index in [1.807, 2.05) is 31.2 Å². The number of dihydropyridines is 1. The summed E-state index contributed by atoms with van der Waals surface area (Å²) in [5.74, 6) is 0.133. The average Bonchev–Trinajstić information content (AvgIpc) is 3.18. The van der Waals surface area contributed by atoms with Gasteiger partial charge in [-0.15, -0.1) is 11.8 Å². The number of rotatable bonds is 6. The number of hydrogen-bond donors (Lipinski definition) is 1. The Balaban J connectivity index is 1.66. The highest BCUT2D eigenvalue weighted by atomic mass is 32.2. The Labute approximate surface area is 210 Å². The minimum absolute atomic E-state index is 0.105. The van der Waals surface area contributed by atoms with Gasteiger partial charge < -0.3 is 19.5 Å². The van der Waals surface area contributed by atoms with Crippen LogP contribution in [0, 0.1) is 0 Å². The average molecular weight is 494 g/mol. The van der Waals surface area contributed by atoms with Crippen molar-refractivity contribution in [1.82, 2.24) is 5.32 Å². The molecule has 0 fully saturated rings. The van der Waals surface area contributed by atoms with E-state index in [1.54, 1.807) is 18.7 Å². The van der Waals surface area contributed by atoms with E-state index >= 15 is 0 Å². The van der Waals surface area contributed by atoms with Crippen molar-refractivity contribution in [2.45, 2.75) is 56.6 Å². The lowest BCUT2D eigenvalue weighted by Gasteiger charge is -2.28. The van der Waals surface area contributed by atoms with Crippen LogP contribution in [0.1, 0.15) is 57.2 Å². The molecule has 184 valence electrons. The second-order valence-corrected chi connectivity index (χ2v) is 10.6. The van der Waals surface area contributed by atoms with Gasteiger partial charge in [0, 0.05) is 10.6 Å². The molecule has 35 heavy (non-hydrogen) atoms. The molecule has 6 nitrogen and oxygen atoms in total. The first-order valence-corrected chi connectivity index (χ1v) is 12.7. The molecule has 0 saturated carbocycles. The molecule has 2 aromatic rings. The molecule has 0 spiro atoms. The molecule has 0 aromatic heterocycles. The van der Waals surface area contributed by atoms with E-state index in [0.29, 0.717) is 22.7 Å². The second kappa shape index (κ2) is 10.2. The van der Waals surface area contributed by atoms with Gasteiger partial charge in [0.15, 0.2) is 0 Å². The van der Waals surface area contributed by atoms with Gasteiger partial charge in [-0.2, -0.15) is 0 Å². The van der Waals surface area contributed by atoms with Crippen LogP contribution < -0.4 is 5.32 Å². The van der Waals surface area contributed by atoms with E-state index < -0.39 is 18.0 Å². The summed E-state index contributed by atoms with van der Waals surface area (Å²) in [5.41, 5.74) is 5.31. The number of ether oxygens (including phenoxy) is 3. The van der Waals surface area contributed by atoms with Crippen molar-refractivity contribution in [3.05, 3.63) is 87.9 Å². The van der Waals surface area contributed by atoms with Crippen molar-refractivity contribution in [1.29, 1.82) is 0 Å². The van der Waals surface area contributed by atoms with Crippen LogP contribution >= 0.6 is 11.8 Å². The Kier molecular flexibility index (Phi) is 7.26. The van der Waals surface area contributed by atoms with Gasteiger partial charge >= 0.3 is 12.1 Å². The Bertz CT molecular complexity index is 1190. The fraction of sp³-hybridized carbons (Fsp3) is 0.357. The minimum atomic E-state index is -0.798.